The van der Waals surface area contributed by atoms with E-state index >= 15 is 0 Å². The lowest BCUT2D eigenvalue weighted by molar-refractivity contribution is 0.915. The van der Waals surface area contributed by atoms with Crippen LogP contribution in [-0.2, 0) is 13.0 Å². The zero-order chi connectivity index (χ0) is 13.0. The molecule has 94 valence electrons. The Kier molecular flexibility index (Phi) is 4.25. The Morgan fingerprint density at radius 2 is 2.06 bits per heavy atom. The summed E-state index contributed by atoms with van der Waals surface area (Å²) in [5.41, 5.74) is 2.02. The van der Waals surface area contributed by atoms with Crippen molar-refractivity contribution in [2.45, 2.75) is 26.8 Å². The molecule has 2 heterocycles. The van der Waals surface area contributed by atoms with Crippen molar-refractivity contribution in [2.24, 2.45) is 0 Å². The van der Waals surface area contributed by atoms with Crippen molar-refractivity contribution in [3.8, 4) is 0 Å². The fraction of sp³-hybridized carbons (Fsp3) is 0.308. The highest BCUT2D eigenvalue weighted by Crippen LogP contribution is 2.13. The third-order valence-electron chi connectivity index (χ3n) is 2.45. The third kappa shape index (κ3) is 3.50. The average molecular weight is 307 g/mol. The Balaban J connectivity index is 2.08. The summed E-state index contributed by atoms with van der Waals surface area (Å²) in [5, 5.41) is 3.26. The molecule has 0 saturated heterocycles. The Morgan fingerprint density at radius 3 is 2.78 bits per heavy atom. The summed E-state index contributed by atoms with van der Waals surface area (Å²) < 4.78 is 0.800. The van der Waals surface area contributed by atoms with Gasteiger partial charge < -0.3 is 5.32 Å². The van der Waals surface area contributed by atoms with Gasteiger partial charge in [0.15, 0.2) is 0 Å². The molecule has 0 aliphatic rings. The maximum Gasteiger partial charge on any atom is 0.131 e. The smallest absolute Gasteiger partial charge is 0.131 e. The monoisotopic (exact) mass is 306 g/mol. The molecule has 2 aromatic heterocycles. The molecule has 2 aromatic rings. The zero-order valence-electron chi connectivity index (χ0n) is 10.4. The van der Waals surface area contributed by atoms with E-state index < -0.39 is 0 Å². The van der Waals surface area contributed by atoms with E-state index in [4.69, 9.17) is 0 Å². The average Bonchev–Trinajstić information content (AvgIpc) is 2.36. The molecule has 0 saturated carbocycles. The van der Waals surface area contributed by atoms with Gasteiger partial charge in [0.05, 0.1) is 12.2 Å². The number of anilines is 1. The molecule has 0 fully saturated rings. The van der Waals surface area contributed by atoms with E-state index in [0.717, 1.165) is 34.1 Å². The van der Waals surface area contributed by atoms with E-state index in [2.05, 4.69) is 36.2 Å². The summed E-state index contributed by atoms with van der Waals surface area (Å²) in [6.07, 6.45) is 0.816. The van der Waals surface area contributed by atoms with Crippen LogP contribution >= 0.6 is 15.9 Å². The number of aromatic nitrogens is 3. The molecule has 0 spiro atoms. The first kappa shape index (κ1) is 13.0. The molecule has 0 bridgehead atoms. The molecule has 0 unspecified atom stereocenters. The third-order valence-corrected chi connectivity index (χ3v) is 2.86. The minimum absolute atomic E-state index is 0.661. The molecule has 1 N–H and O–H groups in total. The van der Waals surface area contributed by atoms with Crippen LogP contribution in [-0.4, -0.2) is 15.0 Å². The van der Waals surface area contributed by atoms with Crippen molar-refractivity contribution >= 4 is 21.7 Å². The summed E-state index contributed by atoms with van der Waals surface area (Å²) in [4.78, 5) is 13.1. The Bertz CT molecular complexity index is 542. The van der Waals surface area contributed by atoms with E-state index in [1.165, 1.54) is 0 Å². The summed E-state index contributed by atoms with van der Waals surface area (Å²) >= 11 is 3.38. The van der Waals surface area contributed by atoms with Gasteiger partial charge in [-0.25, -0.2) is 9.97 Å². The number of hydrogen-bond acceptors (Lipinski definition) is 4. The zero-order valence-corrected chi connectivity index (χ0v) is 12.0. The molecule has 0 atom stereocenters. The quantitative estimate of drug-likeness (QED) is 0.882. The number of pyridine rings is 1. The van der Waals surface area contributed by atoms with E-state index in [1.54, 1.807) is 0 Å². The van der Waals surface area contributed by atoms with E-state index in [9.17, 15) is 0 Å². The lowest BCUT2D eigenvalue weighted by atomic mass is 10.3. The van der Waals surface area contributed by atoms with Gasteiger partial charge in [0.25, 0.3) is 0 Å². The van der Waals surface area contributed by atoms with Gasteiger partial charge in [-0.15, -0.1) is 0 Å². The van der Waals surface area contributed by atoms with Crippen molar-refractivity contribution in [1.29, 1.82) is 0 Å². The van der Waals surface area contributed by atoms with Crippen molar-refractivity contribution < 1.29 is 0 Å². The van der Waals surface area contributed by atoms with Gasteiger partial charge in [0.1, 0.15) is 16.2 Å². The second-order valence-corrected chi connectivity index (χ2v) is 4.78. The first-order valence-corrected chi connectivity index (χ1v) is 6.66. The second kappa shape index (κ2) is 5.91. The number of rotatable bonds is 4. The van der Waals surface area contributed by atoms with Gasteiger partial charge in [0, 0.05) is 18.2 Å². The molecule has 0 aliphatic heterocycles. The highest BCUT2D eigenvalue weighted by atomic mass is 79.9. The normalized spacial score (nSPS) is 10.4. The Morgan fingerprint density at radius 1 is 1.22 bits per heavy atom. The van der Waals surface area contributed by atoms with Crippen molar-refractivity contribution in [3.63, 3.8) is 0 Å². The van der Waals surface area contributed by atoms with Crippen LogP contribution in [0.4, 0.5) is 5.82 Å². The number of hydrogen-bond donors (Lipinski definition) is 1. The molecule has 5 heteroatoms. The summed E-state index contributed by atoms with van der Waals surface area (Å²) in [6.45, 7) is 4.68. The maximum absolute atomic E-state index is 4.44. The Hall–Kier alpha value is -1.49. The lowest BCUT2D eigenvalue weighted by Crippen LogP contribution is -2.06. The molecule has 18 heavy (non-hydrogen) atoms. The highest BCUT2D eigenvalue weighted by molar-refractivity contribution is 9.10. The van der Waals surface area contributed by atoms with Gasteiger partial charge in [0.2, 0.25) is 0 Å². The van der Waals surface area contributed by atoms with E-state index in [1.807, 2.05) is 38.1 Å². The predicted octanol–water partition coefficient (Wildman–Crippen LogP) is 3.12. The largest absolute Gasteiger partial charge is 0.364 e. The molecule has 0 aliphatic carbocycles. The predicted molar refractivity (Wildman–Crippen MR) is 75.4 cm³/mol. The van der Waals surface area contributed by atoms with Crippen molar-refractivity contribution in [2.75, 3.05) is 5.32 Å². The summed E-state index contributed by atoms with van der Waals surface area (Å²) in [5.74, 6) is 1.64. The van der Waals surface area contributed by atoms with Gasteiger partial charge in [-0.1, -0.05) is 13.0 Å². The highest BCUT2D eigenvalue weighted by Gasteiger charge is 2.02. The molecular weight excluding hydrogens is 292 g/mol. The Labute approximate surface area is 115 Å². The summed E-state index contributed by atoms with van der Waals surface area (Å²) in [6, 6.07) is 7.86. The van der Waals surface area contributed by atoms with Crippen LogP contribution in [0.2, 0.25) is 0 Å². The topological polar surface area (TPSA) is 50.7 Å². The molecule has 0 radical (unpaired) electrons. The number of nitrogens with one attached hydrogen (secondary N) is 1. The van der Waals surface area contributed by atoms with Crippen LogP contribution in [0, 0.1) is 6.92 Å². The van der Waals surface area contributed by atoms with Crippen molar-refractivity contribution in [3.05, 3.63) is 46.1 Å². The van der Waals surface area contributed by atoms with Gasteiger partial charge in [-0.3, -0.25) is 4.98 Å². The molecular formula is C13H15BrN4. The van der Waals surface area contributed by atoms with Crippen LogP contribution in [0.1, 0.15) is 24.1 Å². The lowest BCUT2D eigenvalue weighted by Gasteiger charge is -2.07. The van der Waals surface area contributed by atoms with E-state index in [0.29, 0.717) is 6.54 Å². The first-order chi connectivity index (χ1) is 8.67. The summed E-state index contributed by atoms with van der Waals surface area (Å²) in [7, 11) is 0. The van der Waals surface area contributed by atoms with Crippen molar-refractivity contribution in [1.82, 2.24) is 15.0 Å². The molecule has 0 aromatic carbocycles. The van der Waals surface area contributed by atoms with Gasteiger partial charge in [-0.2, -0.15) is 0 Å². The minimum Gasteiger partial charge on any atom is -0.364 e. The molecule has 2 rings (SSSR count). The van der Waals surface area contributed by atoms with Crippen LogP contribution in [0.3, 0.4) is 0 Å². The number of aryl methyl sites for hydroxylation is 2. The van der Waals surface area contributed by atoms with Crippen LogP contribution in [0.25, 0.3) is 0 Å². The maximum atomic E-state index is 4.44. The minimum atomic E-state index is 0.661. The standard InChI is InChI=1S/C13H15BrN4/c1-3-12-17-11(14)7-13(18-12)15-8-10-6-4-5-9(2)16-10/h4-7H,3,8H2,1-2H3,(H,15,17,18). The van der Waals surface area contributed by atoms with Gasteiger partial charge >= 0.3 is 0 Å². The van der Waals surface area contributed by atoms with Crippen LogP contribution in [0.5, 0.6) is 0 Å². The van der Waals surface area contributed by atoms with Gasteiger partial charge in [-0.05, 0) is 35.0 Å². The fourth-order valence-electron chi connectivity index (χ4n) is 1.59. The SMILES string of the molecule is CCc1nc(Br)cc(NCc2cccc(C)n2)n1. The van der Waals surface area contributed by atoms with E-state index in [-0.39, 0.29) is 0 Å². The first-order valence-electron chi connectivity index (χ1n) is 5.87. The number of halogens is 1. The number of nitrogens with zero attached hydrogens (tertiary/aromatic N) is 3. The van der Waals surface area contributed by atoms with Crippen LogP contribution in [0.15, 0.2) is 28.9 Å². The molecule has 0 amide bonds. The molecule has 4 nitrogen and oxygen atoms in total. The second-order valence-electron chi connectivity index (χ2n) is 3.97. The van der Waals surface area contributed by atoms with Crippen LogP contribution < -0.4 is 5.32 Å². The fourth-order valence-corrected chi connectivity index (χ4v) is 2.01.